The summed E-state index contributed by atoms with van der Waals surface area (Å²) in [6.45, 7) is 7.79. The second-order valence-electron chi connectivity index (χ2n) is 7.53. The van der Waals surface area contributed by atoms with Crippen molar-refractivity contribution in [2.24, 2.45) is 0 Å². The van der Waals surface area contributed by atoms with Crippen molar-refractivity contribution in [1.82, 2.24) is 14.5 Å². The van der Waals surface area contributed by atoms with Gasteiger partial charge in [0.1, 0.15) is 6.04 Å². The summed E-state index contributed by atoms with van der Waals surface area (Å²) in [4.78, 5) is 40.0. The predicted octanol–water partition coefficient (Wildman–Crippen LogP) is 3.58. The SMILES string of the molecule is CCc1ccccc1-n1c(=O)c2ccccc2n([C@@H](CC)C(=O)N[C@@H](C)CC)c1=O. The van der Waals surface area contributed by atoms with Gasteiger partial charge in [0, 0.05) is 6.04 Å². The number of nitrogens with one attached hydrogen (secondary N) is 1. The Morgan fingerprint density at radius 1 is 0.967 bits per heavy atom. The van der Waals surface area contributed by atoms with Crippen LogP contribution in [-0.2, 0) is 11.2 Å². The first kappa shape index (κ1) is 21.6. The Morgan fingerprint density at radius 2 is 1.63 bits per heavy atom. The molecule has 0 aliphatic rings. The molecule has 6 nitrogen and oxygen atoms in total. The number of para-hydroxylation sites is 2. The summed E-state index contributed by atoms with van der Waals surface area (Å²) in [7, 11) is 0. The van der Waals surface area contributed by atoms with E-state index in [0.717, 1.165) is 12.0 Å². The molecule has 0 aliphatic carbocycles. The lowest BCUT2D eigenvalue weighted by molar-refractivity contribution is -0.125. The highest BCUT2D eigenvalue weighted by molar-refractivity contribution is 5.84. The standard InChI is InChI=1S/C24H29N3O3/c1-5-16(4)25-22(28)19(7-3)26-21-15-11-9-13-18(21)23(29)27(24(26)30)20-14-10-8-12-17(20)6-2/h8-16,19H,5-7H2,1-4H3,(H,25,28)/t16-,19-/m0/s1. The van der Waals surface area contributed by atoms with E-state index in [9.17, 15) is 14.4 Å². The number of carbonyl (C=O) groups is 1. The summed E-state index contributed by atoms with van der Waals surface area (Å²) in [5.41, 5.74) is 1.07. The van der Waals surface area contributed by atoms with Crippen LogP contribution in [0.1, 0.15) is 52.1 Å². The highest BCUT2D eigenvalue weighted by atomic mass is 16.2. The summed E-state index contributed by atoms with van der Waals surface area (Å²) < 4.78 is 2.68. The van der Waals surface area contributed by atoms with Crippen LogP contribution < -0.4 is 16.6 Å². The van der Waals surface area contributed by atoms with E-state index >= 15 is 0 Å². The number of hydrogen-bond donors (Lipinski definition) is 1. The van der Waals surface area contributed by atoms with Gasteiger partial charge in [0.15, 0.2) is 0 Å². The Hall–Kier alpha value is -3.15. The minimum atomic E-state index is -0.711. The Morgan fingerprint density at radius 3 is 2.30 bits per heavy atom. The summed E-state index contributed by atoms with van der Waals surface area (Å²) in [6, 6.07) is 13.7. The molecule has 158 valence electrons. The quantitative estimate of drug-likeness (QED) is 0.651. The van der Waals surface area contributed by atoms with Gasteiger partial charge in [0.25, 0.3) is 5.56 Å². The lowest BCUT2D eigenvalue weighted by atomic mass is 10.1. The van der Waals surface area contributed by atoms with Gasteiger partial charge >= 0.3 is 5.69 Å². The molecule has 0 saturated heterocycles. The normalized spacial score (nSPS) is 13.2. The van der Waals surface area contributed by atoms with Crippen molar-refractivity contribution in [1.29, 1.82) is 0 Å². The molecule has 0 radical (unpaired) electrons. The Labute approximate surface area is 176 Å². The zero-order valence-electron chi connectivity index (χ0n) is 18.0. The number of amides is 1. The topological polar surface area (TPSA) is 73.1 Å². The Bertz CT molecular complexity index is 1180. The largest absolute Gasteiger partial charge is 0.352 e. The van der Waals surface area contributed by atoms with Crippen molar-refractivity contribution < 1.29 is 4.79 Å². The maximum absolute atomic E-state index is 13.7. The Balaban J connectivity index is 2.36. The van der Waals surface area contributed by atoms with Crippen molar-refractivity contribution >= 4 is 16.8 Å². The fourth-order valence-electron chi connectivity index (χ4n) is 3.75. The molecule has 0 aliphatic heterocycles. The third-order valence-corrected chi connectivity index (χ3v) is 5.61. The molecular formula is C24H29N3O3. The molecule has 2 aromatic carbocycles. The first-order valence-corrected chi connectivity index (χ1v) is 10.6. The van der Waals surface area contributed by atoms with Crippen LogP contribution in [0.4, 0.5) is 0 Å². The monoisotopic (exact) mass is 407 g/mol. The van der Waals surface area contributed by atoms with E-state index in [1.165, 1.54) is 9.13 Å². The molecule has 2 atom stereocenters. The fourth-order valence-corrected chi connectivity index (χ4v) is 3.75. The first-order valence-electron chi connectivity index (χ1n) is 10.6. The second-order valence-corrected chi connectivity index (χ2v) is 7.53. The maximum Gasteiger partial charge on any atom is 0.336 e. The highest BCUT2D eigenvalue weighted by Crippen LogP contribution is 2.19. The van der Waals surface area contributed by atoms with Gasteiger partial charge in [-0.2, -0.15) is 0 Å². The number of carbonyl (C=O) groups excluding carboxylic acids is 1. The van der Waals surface area contributed by atoms with Crippen molar-refractivity contribution in [3.05, 3.63) is 74.9 Å². The molecule has 0 saturated carbocycles. The van der Waals surface area contributed by atoms with Crippen molar-refractivity contribution in [2.75, 3.05) is 0 Å². The number of aryl methyl sites for hydroxylation is 1. The lowest BCUT2D eigenvalue weighted by Crippen LogP contribution is -2.46. The van der Waals surface area contributed by atoms with Crippen molar-refractivity contribution in [3.8, 4) is 5.69 Å². The Kier molecular flexibility index (Phi) is 6.55. The lowest BCUT2D eigenvalue weighted by Gasteiger charge is -2.23. The van der Waals surface area contributed by atoms with Gasteiger partial charge in [-0.3, -0.25) is 14.2 Å². The van der Waals surface area contributed by atoms with Crippen LogP contribution in [0.5, 0.6) is 0 Å². The minimum Gasteiger partial charge on any atom is -0.352 e. The summed E-state index contributed by atoms with van der Waals surface area (Å²) >= 11 is 0. The number of benzene rings is 2. The van der Waals surface area contributed by atoms with Crippen LogP contribution in [0.25, 0.3) is 16.6 Å². The molecule has 0 bridgehead atoms. The summed E-state index contributed by atoms with van der Waals surface area (Å²) in [5, 5.41) is 3.40. The van der Waals surface area contributed by atoms with Gasteiger partial charge in [-0.25, -0.2) is 9.36 Å². The van der Waals surface area contributed by atoms with Crippen molar-refractivity contribution in [3.63, 3.8) is 0 Å². The summed E-state index contributed by atoms with van der Waals surface area (Å²) in [5.74, 6) is -0.215. The highest BCUT2D eigenvalue weighted by Gasteiger charge is 2.26. The zero-order chi connectivity index (χ0) is 21.8. The number of hydrogen-bond acceptors (Lipinski definition) is 3. The average molecular weight is 408 g/mol. The molecule has 0 fully saturated rings. The molecular weight excluding hydrogens is 378 g/mol. The van der Waals surface area contributed by atoms with Crippen LogP contribution in [0.2, 0.25) is 0 Å². The molecule has 0 spiro atoms. The van der Waals surface area contributed by atoms with Crippen LogP contribution in [0, 0.1) is 0 Å². The molecule has 6 heteroatoms. The van der Waals surface area contributed by atoms with Crippen LogP contribution >= 0.6 is 0 Å². The van der Waals surface area contributed by atoms with Crippen LogP contribution in [0.15, 0.2) is 58.1 Å². The molecule has 1 amide bonds. The van der Waals surface area contributed by atoms with Crippen LogP contribution in [-0.4, -0.2) is 21.1 Å². The van der Waals surface area contributed by atoms with Gasteiger partial charge in [0.2, 0.25) is 5.91 Å². The van der Waals surface area contributed by atoms with E-state index in [1.807, 2.05) is 45.9 Å². The average Bonchev–Trinajstić information content (AvgIpc) is 2.76. The van der Waals surface area contributed by atoms with Crippen LogP contribution in [0.3, 0.4) is 0 Å². The fraction of sp³-hybridized carbons (Fsp3) is 0.375. The third kappa shape index (κ3) is 3.82. The van der Waals surface area contributed by atoms with Gasteiger partial charge in [-0.05, 0) is 49.9 Å². The van der Waals surface area contributed by atoms with Gasteiger partial charge in [-0.1, -0.05) is 51.1 Å². The molecule has 1 N–H and O–H groups in total. The molecule has 3 aromatic rings. The molecule has 1 aromatic heterocycles. The van der Waals surface area contributed by atoms with Gasteiger partial charge < -0.3 is 5.32 Å². The number of nitrogens with zero attached hydrogens (tertiary/aromatic N) is 2. The number of fused-ring (bicyclic) bond motifs is 1. The van der Waals surface area contributed by atoms with E-state index in [2.05, 4.69) is 5.32 Å². The summed E-state index contributed by atoms with van der Waals surface area (Å²) in [6.07, 6.45) is 1.90. The third-order valence-electron chi connectivity index (χ3n) is 5.61. The van der Waals surface area contributed by atoms with E-state index < -0.39 is 11.7 Å². The molecule has 30 heavy (non-hydrogen) atoms. The molecule has 3 rings (SSSR count). The van der Waals surface area contributed by atoms with E-state index in [4.69, 9.17) is 0 Å². The van der Waals surface area contributed by atoms with E-state index in [-0.39, 0.29) is 17.5 Å². The maximum atomic E-state index is 13.7. The predicted molar refractivity (Wildman–Crippen MR) is 120 cm³/mol. The van der Waals surface area contributed by atoms with Gasteiger partial charge in [-0.15, -0.1) is 0 Å². The molecule has 1 heterocycles. The van der Waals surface area contributed by atoms with E-state index in [1.54, 1.807) is 30.3 Å². The minimum absolute atomic E-state index is 0.000221. The smallest absolute Gasteiger partial charge is 0.336 e. The van der Waals surface area contributed by atoms with E-state index in [0.29, 0.717) is 29.4 Å². The second kappa shape index (κ2) is 9.11. The zero-order valence-corrected chi connectivity index (χ0v) is 18.0. The number of aromatic nitrogens is 2. The molecule has 0 unspecified atom stereocenters. The van der Waals surface area contributed by atoms with Gasteiger partial charge in [0.05, 0.1) is 16.6 Å². The van der Waals surface area contributed by atoms with Crippen molar-refractivity contribution in [2.45, 2.75) is 59.0 Å². The first-order chi connectivity index (χ1) is 14.4. The number of rotatable bonds is 7.